The van der Waals surface area contributed by atoms with Crippen molar-refractivity contribution in [2.75, 3.05) is 15.9 Å². The van der Waals surface area contributed by atoms with Crippen molar-refractivity contribution < 1.29 is 18.1 Å². The van der Waals surface area contributed by atoms with Crippen LogP contribution in [0.5, 0.6) is 0 Å². The number of hydrogen-bond donors (Lipinski definition) is 1. The lowest BCUT2D eigenvalue weighted by atomic mass is 10.1. The normalized spacial score (nSPS) is 12.3. The van der Waals surface area contributed by atoms with Gasteiger partial charge >= 0.3 is 0 Å². The minimum Gasteiger partial charge on any atom is -0.323 e. The lowest BCUT2D eigenvalue weighted by molar-refractivity contribution is -0.384. The molecule has 10 heteroatoms. The highest BCUT2D eigenvalue weighted by atomic mass is 35.5. The Morgan fingerprint density at radius 3 is 2.25 bits per heavy atom. The van der Waals surface area contributed by atoms with Crippen molar-refractivity contribution in [1.29, 1.82) is 0 Å². The molecule has 0 bridgehead atoms. The van der Waals surface area contributed by atoms with E-state index in [0.717, 1.165) is 27.8 Å². The predicted molar refractivity (Wildman–Crippen MR) is 109 cm³/mol. The molecule has 0 aliphatic heterocycles. The highest BCUT2D eigenvalue weighted by molar-refractivity contribution is 7.92. The molecule has 0 aromatic heterocycles. The molecule has 8 nitrogen and oxygen atoms in total. The molecule has 2 rings (SSSR count). The minimum atomic E-state index is -3.79. The Morgan fingerprint density at radius 1 is 1.18 bits per heavy atom. The SMILES string of the molecule is Cc1cc(C)cc(N([C@H](C)C(=O)Nc2cc([N+](=O)[O-])ccc2Cl)S(C)(=O)=O)c1. The summed E-state index contributed by atoms with van der Waals surface area (Å²) in [5.74, 6) is -0.674. The van der Waals surface area contributed by atoms with Crippen molar-refractivity contribution in [2.45, 2.75) is 26.8 Å². The summed E-state index contributed by atoms with van der Waals surface area (Å²) in [5.41, 5.74) is 1.83. The van der Waals surface area contributed by atoms with Crippen LogP contribution in [0.2, 0.25) is 5.02 Å². The van der Waals surface area contributed by atoms with Crippen LogP contribution in [-0.2, 0) is 14.8 Å². The summed E-state index contributed by atoms with van der Waals surface area (Å²) in [7, 11) is -3.79. The largest absolute Gasteiger partial charge is 0.323 e. The molecule has 0 saturated heterocycles. The fourth-order valence-corrected chi connectivity index (χ4v) is 4.17. The Labute approximate surface area is 168 Å². The maximum absolute atomic E-state index is 12.7. The first-order valence-corrected chi connectivity index (χ1v) is 10.5. The average Bonchev–Trinajstić information content (AvgIpc) is 2.54. The van der Waals surface area contributed by atoms with Gasteiger partial charge in [-0.05, 0) is 50.1 Å². The Bertz CT molecular complexity index is 1020. The van der Waals surface area contributed by atoms with Crippen LogP contribution in [0.1, 0.15) is 18.1 Å². The van der Waals surface area contributed by atoms with Gasteiger partial charge in [-0.1, -0.05) is 17.7 Å². The molecular formula is C18H20ClN3O5S. The van der Waals surface area contributed by atoms with Crippen molar-refractivity contribution in [3.63, 3.8) is 0 Å². The van der Waals surface area contributed by atoms with E-state index in [-0.39, 0.29) is 16.4 Å². The van der Waals surface area contributed by atoms with Gasteiger partial charge in [-0.15, -0.1) is 0 Å². The predicted octanol–water partition coefficient (Wildman–Crippen LogP) is 3.66. The molecule has 0 heterocycles. The van der Waals surface area contributed by atoms with E-state index in [9.17, 15) is 23.3 Å². The second-order valence-corrected chi connectivity index (χ2v) is 8.76. The van der Waals surface area contributed by atoms with E-state index in [1.165, 1.54) is 19.1 Å². The highest BCUT2D eigenvalue weighted by Gasteiger charge is 2.30. The van der Waals surface area contributed by atoms with Crippen molar-refractivity contribution in [2.24, 2.45) is 0 Å². The topological polar surface area (TPSA) is 110 Å². The maximum atomic E-state index is 12.7. The van der Waals surface area contributed by atoms with Gasteiger partial charge in [0, 0.05) is 12.1 Å². The molecule has 0 spiro atoms. The lowest BCUT2D eigenvalue weighted by Gasteiger charge is -2.29. The number of nitro groups is 1. The maximum Gasteiger partial charge on any atom is 0.271 e. The first kappa shape index (κ1) is 21.6. The highest BCUT2D eigenvalue weighted by Crippen LogP contribution is 2.28. The van der Waals surface area contributed by atoms with Crippen LogP contribution in [0.4, 0.5) is 17.1 Å². The van der Waals surface area contributed by atoms with Crippen LogP contribution >= 0.6 is 11.6 Å². The minimum absolute atomic E-state index is 0.0293. The zero-order valence-electron chi connectivity index (χ0n) is 15.8. The average molecular weight is 426 g/mol. The van der Waals surface area contributed by atoms with E-state index in [0.29, 0.717) is 5.69 Å². The molecule has 2 aromatic rings. The summed E-state index contributed by atoms with van der Waals surface area (Å²) in [6.45, 7) is 5.08. The summed E-state index contributed by atoms with van der Waals surface area (Å²) in [5, 5.41) is 13.5. The third-order valence-corrected chi connectivity index (χ3v) is 5.54. The number of sulfonamides is 1. The van der Waals surface area contributed by atoms with E-state index in [1.807, 2.05) is 19.9 Å². The van der Waals surface area contributed by atoms with Gasteiger partial charge < -0.3 is 5.32 Å². The Kier molecular flexibility index (Phi) is 6.30. The number of anilines is 2. The van der Waals surface area contributed by atoms with Crippen LogP contribution in [0.25, 0.3) is 0 Å². The number of nitro benzene ring substituents is 1. The second kappa shape index (κ2) is 8.15. The smallest absolute Gasteiger partial charge is 0.271 e. The number of nitrogens with one attached hydrogen (secondary N) is 1. The third kappa shape index (κ3) is 4.99. The zero-order valence-corrected chi connectivity index (χ0v) is 17.3. The number of rotatable bonds is 6. The molecule has 0 fully saturated rings. The van der Waals surface area contributed by atoms with Crippen LogP contribution in [0.15, 0.2) is 36.4 Å². The summed E-state index contributed by atoms with van der Waals surface area (Å²) in [6, 6.07) is 7.71. The Hall–Kier alpha value is -2.65. The Balaban J connectivity index is 2.40. The van der Waals surface area contributed by atoms with E-state index in [1.54, 1.807) is 12.1 Å². The van der Waals surface area contributed by atoms with Crippen LogP contribution < -0.4 is 9.62 Å². The van der Waals surface area contributed by atoms with E-state index < -0.39 is 26.9 Å². The fraction of sp³-hybridized carbons (Fsp3) is 0.278. The van der Waals surface area contributed by atoms with Crippen LogP contribution in [-0.4, -0.2) is 31.5 Å². The number of amides is 1. The van der Waals surface area contributed by atoms with E-state index in [2.05, 4.69) is 5.32 Å². The summed E-state index contributed by atoms with van der Waals surface area (Å²) in [4.78, 5) is 23.0. The molecule has 0 unspecified atom stereocenters. The monoisotopic (exact) mass is 425 g/mol. The number of aryl methyl sites for hydroxylation is 2. The fourth-order valence-electron chi connectivity index (χ4n) is 2.85. The molecular weight excluding hydrogens is 406 g/mol. The summed E-state index contributed by atoms with van der Waals surface area (Å²) in [6.07, 6.45) is 1.01. The molecule has 1 N–H and O–H groups in total. The van der Waals surface area contributed by atoms with Gasteiger partial charge in [0.2, 0.25) is 15.9 Å². The van der Waals surface area contributed by atoms with Crippen LogP contribution in [0.3, 0.4) is 0 Å². The van der Waals surface area contributed by atoms with Gasteiger partial charge in [0.25, 0.3) is 5.69 Å². The van der Waals surface area contributed by atoms with Crippen LogP contribution in [0, 0.1) is 24.0 Å². The number of benzene rings is 2. The molecule has 28 heavy (non-hydrogen) atoms. The lowest BCUT2D eigenvalue weighted by Crippen LogP contribution is -2.45. The van der Waals surface area contributed by atoms with E-state index in [4.69, 9.17) is 11.6 Å². The molecule has 0 aliphatic carbocycles. The summed E-state index contributed by atoms with van der Waals surface area (Å²) >= 11 is 6.01. The van der Waals surface area contributed by atoms with Crippen molar-refractivity contribution in [3.8, 4) is 0 Å². The van der Waals surface area contributed by atoms with Crippen molar-refractivity contribution >= 4 is 44.6 Å². The quantitative estimate of drug-likeness (QED) is 0.561. The number of carbonyl (C=O) groups excluding carboxylic acids is 1. The number of hydrogen-bond acceptors (Lipinski definition) is 5. The first-order valence-electron chi connectivity index (χ1n) is 8.22. The van der Waals surface area contributed by atoms with Gasteiger partial charge in [-0.3, -0.25) is 19.2 Å². The number of carbonyl (C=O) groups is 1. The van der Waals surface area contributed by atoms with Gasteiger partial charge in [-0.2, -0.15) is 0 Å². The molecule has 150 valence electrons. The van der Waals surface area contributed by atoms with Gasteiger partial charge in [-0.25, -0.2) is 8.42 Å². The summed E-state index contributed by atoms with van der Waals surface area (Å²) < 4.78 is 25.8. The molecule has 1 amide bonds. The first-order chi connectivity index (χ1) is 12.9. The Morgan fingerprint density at radius 2 is 1.75 bits per heavy atom. The standard InChI is InChI=1S/C18H20ClN3O5S/c1-11-7-12(2)9-15(8-11)21(28(4,26)27)13(3)18(23)20-17-10-14(22(24)25)5-6-16(17)19/h5-10,13H,1-4H3,(H,20,23)/t13-/m1/s1. The molecule has 2 aromatic carbocycles. The zero-order chi connectivity index (χ0) is 21.2. The van der Waals surface area contributed by atoms with E-state index >= 15 is 0 Å². The van der Waals surface area contributed by atoms with Crippen molar-refractivity contribution in [1.82, 2.24) is 0 Å². The molecule has 1 atom stereocenters. The van der Waals surface area contributed by atoms with Crippen molar-refractivity contribution in [3.05, 3.63) is 62.7 Å². The van der Waals surface area contributed by atoms with Gasteiger partial charge in [0.1, 0.15) is 6.04 Å². The second-order valence-electron chi connectivity index (χ2n) is 6.49. The van der Waals surface area contributed by atoms with Gasteiger partial charge in [0.15, 0.2) is 0 Å². The molecule has 0 aliphatic rings. The molecule has 0 saturated carbocycles. The number of halogens is 1. The molecule has 0 radical (unpaired) electrons. The number of nitrogens with zero attached hydrogens (tertiary/aromatic N) is 2. The number of non-ortho nitro benzene ring substituents is 1. The third-order valence-electron chi connectivity index (χ3n) is 3.97. The van der Waals surface area contributed by atoms with Gasteiger partial charge in [0.05, 0.1) is 27.6 Å².